The predicted molar refractivity (Wildman–Crippen MR) is 55.7 cm³/mol. The lowest BCUT2D eigenvalue weighted by Gasteiger charge is -1.97. The summed E-state index contributed by atoms with van der Waals surface area (Å²) in [6.45, 7) is 0. The van der Waals surface area contributed by atoms with E-state index in [0.717, 1.165) is 11.1 Å². The fraction of sp³-hybridized carbons (Fsp3) is 0.111. The van der Waals surface area contributed by atoms with E-state index in [-0.39, 0.29) is 0 Å². The number of aromatic nitrogens is 1. The predicted octanol–water partition coefficient (Wildman–Crippen LogP) is 2.93. The van der Waals surface area contributed by atoms with Crippen molar-refractivity contribution in [2.45, 2.75) is 0 Å². The number of hydrogen-bond donors (Lipinski definition) is 2. The van der Waals surface area contributed by atoms with Crippen molar-refractivity contribution in [2.24, 2.45) is 0 Å². The lowest BCUT2D eigenvalue weighted by molar-refractivity contribution is 1.44. The molecule has 2 N–H and O–H groups in total. The SMILES string of the molecule is BrCNc1c[nH]c2ccccc12. The summed E-state index contributed by atoms with van der Waals surface area (Å²) in [5.41, 5.74) is 3.08. The molecule has 12 heavy (non-hydrogen) atoms. The summed E-state index contributed by atoms with van der Waals surface area (Å²) < 4.78 is 0. The van der Waals surface area contributed by atoms with Gasteiger partial charge in [0.05, 0.1) is 11.1 Å². The van der Waals surface area contributed by atoms with Crippen LogP contribution in [0.5, 0.6) is 0 Å². The van der Waals surface area contributed by atoms with Crippen molar-refractivity contribution in [3.05, 3.63) is 30.5 Å². The van der Waals surface area contributed by atoms with Crippen LogP contribution in [0.15, 0.2) is 30.5 Å². The summed E-state index contributed by atoms with van der Waals surface area (Å²) in [5.74, 6) is 0. The van der Waals surface area contributed by atoms with Gasteiger partial charge in [-0.05, 0) is 6.07 Å². The van der Waals surface area contributed by atoms with E-state index in [4.69, 9.17) is 0 Å². The number of rotatable bonds is 2. The summed E-state index contributed by atoms with van der Waals surface area (Å²) in [6, 6.07) is 8.22. The fourth-order valence-corrected chi connectivity index (χ4v) is 1.59. The molecule has 2 nitrogen and oxygen atoms in total. The van der Waals surface area contributed by atoms with E-state index < -0.39 is 0 Å². The van der Waals surface area contributed by atoms with Gasteiger partial charge in [0, 0.05) is 17.1 Å². The number of halogens is 1. The minimum Gasteiger partial charge on any atom is -0.374 e. The van der Waals surface area contributed by atoms with Crippen LogP contribution >= 0.6 is 15.9 Å². The van der Waals surface area contributed by atoms with E-state index in [1.165, 1.54) is 10.9 Å². The molecule has 0 atom stereocenters. The van der Waals surface area contributed by atoms with E-state index in [2.05, 4.69) is 38.4 Å². The highest BCUT2D eigenvalue weighted by Crippen LogP contribution is 2.22. The summed E-state index contributed by atoms with van der Waals surface area (Å²) in [7, 11) is 0. The number of H-pyrrole nitrogens is 1. The zero-order chi connectivity index (χ0) is 8.39. The minimum atomic E-state index is 0.773. The molecule has 0 aliphatic heterocycles. The van der Waals surface area contributed by atoms with E-state index in [1.807, 2.05) is 18.3 Å². The second-order valence-electron chi connectivity index (χ2n) is 2.56. The number of para-hydroxylation sites is 1. The summed E-state index contributed by atoms with van der Waals surface area (Å²) in [5, 5.41) is 4.45. The maximum Gasteiger partial charge on any atom is 0.0708 e. The van der Waals surface area contributed by atoms with Crippen molar-refractivity contribution in [1.82, 2.24) is 4.98 Å². The number of benzene rings is 1. The van der Waals surface area contributed by atoms with Crippen molar-refractivity contribution >= 4 is 32.5 Å². The largest absolute Gasteiger partial charge is 0.374 e. The minimum absolute atomic E-state index is 0.773. The quantitative estimate of drug-likeness (QED) is 0.596. The third-order valence-electron chi connectivity index (χ3n) is 1.85. The monoisotopic (exact) mass is 224 g/mol. The summed E-state index contributed by atoms with van der Waals surface area (Å²) in [4.78, 5) is 3.19. The standard InChI is InChI=1S/C9H9BrN2/c10-6-12-9-5-11-8-4-2-1-3-7(8)9/h1-5,11-12H,6H2. The molecule has 2 aromatic rings. The normalized spacial score (nSPS) is 10.4. The van der Waals surface area contributed by atoms with Crippen LogP contribution in [0.2, 0.25) is 0 Å². The van der Waals surface area contributed by atoms with Crippen LogP contribution in [0, 0.1) is 0 Å². The number of anilines is 1. The fourth-order valence-electron chi connectivity index (χ4n) is 1.29. The van der Waals surface area contributed by atoms with Gasteiger partial charge in [0.25, 0.3) is 0 Å². The Balaban J connectivity index is 2.55. The van der Waals surface area contributed by atoms with Crippen molar-refractivity contribution in [3.8, 4) is 0 Å². The Morgan fingerprint density at radius 2 is 2.17 bits per heavy atom. The molecule has 0 unspecified atom stereocenters. The van der Waals surface area contributed by atoms with E-state index in [9.17, 15) is 0 Å². The zero-order valence-corrected chi connectivity index (χ0v) is 8.06. The molecule has 0 aliphatic carbocycles. The van der Waals surface area contributed by atoms with Gasteiger partial charge >= 0.3 is 0 Å². The van der Waals surface area contributed by atoms with Crippen molar-refractivity contribution in [1.29, 1.82) is 0 Å². The molecule has 0 bridgehead atoms. The highest BCUT2D eigenvalue weighted by molar-refractivity contribution is 9.09. The molecule has 1 aromatic carbocycles. The lowest BCUT2D eigenvalue weighted by atomic mass is 10.2. The van der Waals surface area contributed by atoms with Crippen molar-refractivity contribution in [2.75, 3.05) is 10.8 Å². The van der Waals surface area contributed by atoms with Crippen LogP contribution in [-0.2, 0) is 0 Å². The molecule has 0 aliphatic rings. The maximum absolute atomic E-state index is 3.33. The topological polar surface area (TPSA) is 27.8 Å². The number of hydrogen-bond acceptors (Lipinski definition) is 1. The van der Waals surface area contributed by atoms with Crippen LogP contribution < -0.4 is 5.32 Å². The Labute approximate surface area is 79.1 Å². The van der Waals surface area contributed by atoms with Gasteiger partial charge in [-0.2, -0.15) is 0 Å². The number of fused-ring (bicyclic) bond motifs is 1. The van der Waals surface area contributed by atoms with E-state index in [1.54, 1.807) is 0 Å². The molecule has 0 radical (unpaired) electrons. The van der Waals surface area contributed by atoms with Crippen LogP contribution in [-0.4, -0.2) is 10.4 Å². The Hall–Kier alpha value is -0.960. The van der Waals surface area contributed by atoms with Crippen LogP contribution in [0.3, 0.4) is 0 Å². The van der Waals surface area contributed by atoms with Gasteiger partial charge in [0.1, 0.15) is 0 Å². The van der Waals surface area contributed by atoms with Gasteiger partial charge in [-0.25, -0.2) is 0 Å². The smallest absolute Gasteiger partial charge is 0.0708 e. The summed E-state index contributed by atoms with van der Waals surface area (Å²) in [6.07, 6.45) is 1.98. The number of nitrogens with one attached hydrogen (secondary N) is 2. The Kier molecular flexibility index (Phi) is 2.04. The Morgan fingerprint density at radius 3 is 3.00 bits per heavy atom. The first-order valence-corrected chi connectivity index (χ1v) is 4.90. The lowest BCUT2D eigenvalue weighted by Crippen LogP contribution is -1.91. The molecular weight excluding hydrogens is 216 g/mol. The first kappa shape index (κ1) is 7.68. The van der Waals surface area contributed by atoms with Crippen LogP contribution in [0.25, 0.3) is 10.9 Å². The summed E-state index contributed by atoms with van der Waals surface area (Å²) >= 11 is 3.33. The molecule has 0 fully saturated rings. The van der Waals surface area contributed by atoms with Crippen LogP contribution in [0.1, 0.15) is 0 Å². The number of aromatic amines is 1. The molecule has 2 rings (SSSR count). The molecular formula is C9H9BrN2. The zero-order valence-electron chi connectivity index (χ0n) is 6.47. The highest BCUT2D eigenvalue weighted by Gasteiger charge is 1.99. The molecule has 0 saturated carbocycles. The highest BCUT2D eigenvalue weighted by atomic mass is 79.9. The molecule has 3 heteroatoms. The first-order valence-electron chi connectivity index (χ1n) is 3.78. The Morgan fingerprint density at radius 1 is 1.33 bits per heavy atom. The maximum atomic E-state index is 3.33. The van der Waals surface area contributed by atoms with E-state index in [0.29, 0.717) is 0 Å². The first-order chi connectivity index (χ1) is 5.92. The van der Waals surface area contributed by atoms with E-state index >= 15 is 0 Å². The third kappa shape index (κ3) is 1.20. The third-order valence-corrected chi connectivity index (χ3v) is 2.13. The second kappa shape index (κ2) is 3.19. The van der Waals surface area contributed by atoms with Gasteiger partial charge in [0.15, 0.2) is 0 Å². The van der Waals surface area contributed by atoms with Gasteiger partial charge in [-0.15, -0.1) is 0 Å². The molecule has 1 aromatic heterocycles. The molecule has 0 spiro atoms. The van der Waals surface area contributed by atoms with Gasteiger partial charge in [-0.1, -0.05) is 34.1 Å². The van der Waals surface area contributed by atoms with Crippen molar-refractivity contribution < 1.29 is 0 Å². The second-order valence-corrected chi connectivity index (χ2v) is 3.12. The van der Waals surface area contributed by atoms with Gasteiger partial charge in [0.2, 0.25) is 0 Å². The number of alkyl halides is 1. The Bertz CT molecular complexity index is 381. The average Bonchev–Trinajstić information content (AvgIpc) is 2.50. The van der Waals surface area contributed by atoms with Crippen molar-refractivity contribution in [3.63, 3.8) is 0 Å². The molecule has 62 valence electrons. The van der Waals surface area contributed by atoms with Gasteiger partial charge < -0.3 is 10.3 Å². The molecule has 0 amide bonds. The van der Waals surface area contributed by atoms with Crippen LogP contribution in [0.4, 0.5) is 5.69 Å². The van der Waals surface area contributed by atoms with Gasteiger partial charge in [-0.3, -0.25) is 0 Å². The molecule has 1 heterocycles. The molecule has 0 saturated heterocycles. The average molecular weight is 225 g/mol.